The maximum Gasteiger partial charge on any atom is 0.222 e. The molecule has 2 heterocycles. The van der Waals surface area contributed by atoms with E-state index in [9.17, 15) is 0 Å². The highest BCUT2D eigenvalue weighted by Crippen LogP contribution is 2.23. The van der Waals surface area contributed by atoms with Crippen molar-refractivity contribution in [3.8, 4) is 0 Å². The Balaban J connectivity index is 2.13. The number of aryl methyl sites for hydroxylation is 1. The summed E-state index contributed by atoms with van der Waals surface area (Å²) < 4.78 is 5.48. The summed E-state index contributed by atoms with van der Waals surface area (Å²) in [6.07, 6.45) is 2.15. The number of nitrogens with one attached hydrogen (secondary N) is 1. The van der Waals surface area contributed by atoms with Crippen molar-refractivity contribution in [2.75, 3.05) is 24.3 Å². The van der Waals surface area contributed by atoms with Gasteiger partial charge in [-0.25, -0.2) is 4.98 Å². The van der Waals surface area contributed by atoms with Gasteiger partial charge in [0.05, 0.1) is 12.1 Å². The van der Waals surface area contributed by atoms with Crippen molar-refractivity contribution in [3.63, 3.8) is 0 Å². The monoisotopic (exact) mass is 222 g/mol. The highest BCUT2D eigenvalue weighted by atomic mass is 16.5. The predicted octanol–water partition coefficient (Wildman–Crippen LogP) is 1.35. The second kappa shape index (κ2) is 4.25. The number of nitrogens with zero attached hydrogens (tertiary/aromatic N) is 2. The first kappa shape index (κ1) is 11.1. The van der Waals surface area contributed by atoms with Crippen LogP contribution in [0.3, 0.4) is 0 Å². The molecule has 5 nitrogen and oxygen atoms in total. The number of aromatic nitrogens is 2. The van der Waals surface area contributed by atoms with Crippen LogP contribution in [0.5, 0.6) is 0 Å². The number of ether oxygens (including phenoxy) is 1. The first-order valence-corrected chi connectivity index (χ1v) is 5.54. The smallest absolute Gasteiger partial charge is 0.222 e. The fourth-order valence-electron chi connectivity index (χ4n) is 2.00. The molecule has 3 N–H and O–H groups in total. The minimum absolute atomic E-state index is 0.0501. The Morgan fingerprint density at radius 3 is 2.94 bits per heavy atom. The molecule has 1 aliphatic heterocycles. The molecule has 0 spiro atoms. The predicted molar refractivity (Wildman–Crippen MR) is 63.3 cm³/mol. The molecule has 16 heavy (non-hydrogen) atoms. The van der Waals surface area contributed by atoms with E-state index < -0.39 is 0 Å². The van der Waals surface area contributed by atoms with Crippen LogP contribution < -0.4 is 11.1 Å². The van der Waals surface area contributed by atoms with Crippen LogP contribution in [0.4, 0.5) is 11.8 Å². The first-order valence-electron chi connectivity index (χ1n) is 5.54. The Bertz CT molecular complexity index is 354. The minimum atomic E-state index is -0.0501. The van der Waals surface area contributed by atoms with Crippen LogP contribution in [0.15, 0.2) is 6.07 Å². The van der Waals surface area contributed by atoms with Gasteiger partial charge in [-0.15, -0.1) is 0 Å². The zero-order valence-corrected chi connectivity index (χ0v) is 9.79. The lowest BCUT2D eigenvalue weighted by Crippen LogP contribution is -2.43. The summed E-state index contributed by atoms with van der Waals surface area (Å²) in [7, 11) is 0. The van der Waals surface area contributed by atoms with Gasteiger partial charge in [-0.3, -0.25) is 0 Å². The summed E-state index contributed by atoms with van der Waals surface area (Å²) in [6.45, 7) is 5.60. The van der Waals surface area contributed by atoms with E-state index in [0.29, 0.717) is 12.6 Å². The second-order valence-electron chi connectivity index (χ2n) is 4.59. The van der Waals surface area contributed by atoms with Gasteiger partial charge in [0.1, 0.15) is 5.82 Å². The van der Waals surface area contributed by atoms with Gasteiger partial charge in [0.2, 0.25) is 5.95 Å². The molecule has 0 aromatic carbocycles. The van der Waals surface area contributed by atoms with Crippen LogP contribution in [0, 0.1) is 6.92 Å². The van der Waals surface area contributed by atoms with Gasteiger partial charge in [-0.1, -0.05) is 0 Å². The van der Waals surface area contributed by atoms with Crippen molar-refractivity contribution in [1.29, 1.82) is 0 Å². The van der Waals surface area contributed by atoms with Crippen molar-refractivity contribution in [2.24, 2.45) is 0 Å². The lowest BCUT2D eigenvalue weighted by atomic mass is 9.95. The van der Waals surface area contributed by atoms with Crippen LogP contribution in [-0.4, -0.2) is 28.7 Å². The Labute approximate surface area is 95.4 Å². The van der Waals surface area contributed by atoms with E-state index in [2.05, 4.69) is 22.2 Å². The summed E-state index contributed by atoms with van der Waals surface area (Å²) >= 11 is 0. The van der Waals surface area contributed by atoms with Gasteiger partial charge in [0, 0.05) is 18.4 Å². The van der Waals surface area contributed by atoms with E-state index in [1.54, 1.807) is 0 Å². The zero-order chi connectivity index (χ0) is 11.6. The van der Waals surface area contributed by atoms with Crippen LogP contribution in [-0.2, 0) is 4.74 Å². The van der Waals surface area contributed by atoms with Gasteiger partial charge in [0.15, 0.2) is 0 Å². The van der Waals surface area contributed by atoms with Gasteiger partial charge in [-0.2, -0.15) is 4.98 Å². The van der Waals surface area contributed by atoms with E-state index in [1.165, 1.54) is 0 Å². The summed E-state index contributed by atoms with van der Waals surface area (Å²) in [5.74, 6) is 1.08. The molecule has 1 fully saturated rings. The maximum atomic E-state index is 5.61. The van der Waals surface area contributed by atoms with Crippen molar-refractivity contribution in [2.45, 2.75) is 32.2 Å². The summed E-state index contributed by atoms with van der Waals surface area (Å²) in [4.78, 5) is 8.22. The number of hydrogen-bond donors (Lipinski definition) is 2. The molecule has 1 atom stereocenters. The van der Waals surface area contributed by atoms with Crippen LogP contribution in [0.2, 0.25) is 0 Å². The Kier molecular flexibility index (Phi) is 2.96. The van der Waals surface area contributed by atoms with Crippen molar-refractivity contribution in [3.05, 3.63) is 11.8 Å². The molecule has 0 radical (unpaired) electrons. The van der Waals surface area contributed by atoms with E-state index >= 15 is 0 Å². The number of anilines is 2. The number of rotatable bonds is 2. The Morgan fingerprint density at radius 2 is 2.31 bits per heavy atom. The third-order valence-electron chi connectivity index (χ3n) is 2.74. The van der Waals surface area contributed by atoms with Gasteiger partial charge >= 0.3 is 0 Å². The van der Waals surface area contributed by atoms with Crippen LogP contribution >= 0.6 is 0 Å². The molecule has 0 aliphatic carbocycles. The van der Waals surface area contributed by atoms with Crippen molar-refractivity contribution in [1.82, 2.24) is 9.97 Å². The summed E-state index contributed by atoms with van der Waals surface area (Å²) in [6, 6.07) is 1.90. The normalized spacial score (nSPS) is 25.4. The van der Waals surface area contributed by atoms with Crippen molar-refractivity contribution >= 4 is 11.8 Å². The molecule has 1 aliphatic rings. The fraction of sp³-hybridized carbons (Fsp3) is 0.636. The minimum Gasteiger partial charge on any atom is -0.379 e. The maximum absolute atomic E-state index is 5.61. The van der Waals surface area contributed by atoms with Crippen LogP contribution in [0.1, 0.15) is 25.5 Å². The van der Waals surface area contributed by atoms with E-state index in [4.69, 9.17) is 10.5 Å². The zero-order valence-electron chi connectivity index (χ0n) is 9.79. The Hall–Kier alpha value is -1.36. The number of nitrogen functional groups attached to an aromatic ring is 1. The van der Waals surface area contributed by atoms with E-state index in [-0.39, 0.29) is 5.54 Å². The summed E-state index contributed by atoms with van der Waals surface area (Å²) in [5.41, 5.74) is 6.43. The fourth-order valence-corrected chi connectivity index (χ4v) is 2.00. The molecular formula is C11H18N4O. The molecule has 0 amide bonds. The highest BCUT2D eigenvalue weighted by molar-refractivity contribution is 5.42. The number of nitrogens with two attached hydrogens (primary N) is 1. The first-order chi connectivity index (χ1) is 7.57. The molecule has 2 rings (SSSR count). The molecule has 5 heteroatoms. The largest absolute Gasteiger partial charge is 0.379 e. The van der Waals surface area contributed by atoms with Crippen LogP contribution in [0.25, 0.3) is 0 Å². The third kappa shape index (κ3) is 2.61. The standard InChI is InChI=1S/C11H18N4O/c1-8-6-9(14-10(12)13-8)15-11(2)4-3-5-16-7-11/h6H,3-5,7H2,1-2H3,(H3,12,13,14,15). The topological polar surface area (TPSA) is 73.1 Å². The molecule has 1 aromatic heterocycles. The number of hydrogen-bond acceptors (Lipinski definition) is 5. The quantitative estimate of drug-likeness (QED) is 0.790. The molecular weight excluding hydrogens is 204 g/mol. The lowest BCUT2D eigenvalue weighted by molar-refractivity contribution is 0.0539. The van der Waals surface area contributed by atoms with Crippen molar-refractivity contribution < 1.29 is 4.74 Å². The highest BCUT2D eigenvalue weighted by Gasteiger charge is 2.27. The molecule has 88 valence electrons. The van der Waals surface area contributed by atoms with Gasteiger partial charge in [-0.05, 0) is 26.7 Å². The average molecular weight is 222 g/mol. The molecule has 1 aromatic rings. The summed E-state index contributed by atoms with van der Waals surface area (Å²) in [5, 5.41) is 3.38. The molecule has 1 unspecified atom stereocenters. The van der Waals surface area contributed by atoms with E-state index in [0.717, 1.165) is 31.0 Å². The van der Waals surface area contributed by atoms with Gasteiger partial charge < -0.3 is 15.8 Å². The van der Waals surface area contributed by atoms with Gasteiger partial charge in [0.25, 0.3) is 0 Å². The third-order valence-corrected chi connectivity index (χ3v) is 2.74. The second-order valence-corrected chi connectivity index (χ2v) is 4.59. The Morgan fingerprint density at radius 1 is 1.50 bits per heavy atom. The lowest BCUT2D eigenvalue weighted by Gasteiger charge is -2.34. The average Bonchev–Trinajstić information content (AvgIpc) is 2.15. The van der Waals surface area contributed by atoms with E-state index in [1.807, 2.05) is 13.0 Å². The molecule has 0 bridgehead atoms. The molecule has 1 saturated heterocycles. The molecule has 0 saturated carbocycles. The SMILES string of the molecule is Cc1cc(NC2(C)CCCOC2)nc(N)n1.